The Hall–Kier alpha value is -1.34. The quantitative estimate of drug-likeness (QED) is 0.499. The van der Waals surface area contributed by atoms with Gasteiger partial charge in [0.05, 0.1) is 0 Å². The van der Waals surface area contributed by atoms with E-state index in [0.717, 1.165) is 6.92 Å². The lowest BCUT2D eigenvalue weighted by Gasteiger charge is -2.01. The Kier molecular flexibility index (Phi) is 10.6. The van der Waals surface area contributed by atoms with Crippen molar-refractivity contribution in [3.8, 4) is 0 Å². The zero-order valence-electron chi connectivity index (χ0n) is 10.3. The average Bonchev–Trinajstić information content (AvgIpc) is 1.99. The van der Waals surface area contributed by atoms with Crippen LogP contribution in [0.2, 0.25) is 0 Å². The van der Waals surface area contributed by atoms with Crippen LogP contribution in [-0.4, -0.2) is 23.9 Å². The van der Waals surface area contributed by atoms with Crippen LogP contribution >= 0.6 is 0 Å². The van der Waals surface area contributed by atoms with Gasteiger partial charge < -0.3 is 4.79 Å². The molecule has 0 saturated carbocycles. The number of rotatable bonds is 0. The van der Waals surface area contributed by atoms with Crippen molar-refractivity contribution in [2.45, 2.75) is 40.0 Å². The molecule has 0 bridgehead atoms. The van der Waals surface area contributed by atoms with E-state index in [1.54, 1.807) is 0 Å². The fourth-order valence-electron chi connectivity index (χ4n) is 0. The fourth-order valence-corrected chi connectivity index (χ4v) is 0. The minimum Gasteiger partial charge on any atom is -0.300 e. The maximum absolute atomic E-state index is 11.1. The first kappa shape index (κ1) is 21.9. The first-order chi connectivity index (χ1) is 7.62. The second-order valence-corrected chi connectivity index (χ2v) is 3.24. The van der Waals surface area contributed by atoms with Crippen molar-refractivity contribution >= 4 is 11.6 Å². The molecule has 0 aliphatic carbocycles. The van der Waals surface area contributed by atoms with E-state index in [9.17, 15) is 35.9 Å². The summed E-state index contributed by atoms with van der Waals surface area (Å²) in [5.41, 5.74) is -0.757. The molecule has 0 atom stereocenters. The average molecular weight is 280 g/mol. The van der Waals surface area contributed by atoms with E-state index in [2.05, 4.69) is 6.58 Å². The summed E-state index contributed by atoms with van der Waals surface area (Å²) in [6, 6.07) is 0. The Morgan fingerprint density at radius 1 is 0.778 bits per heavy atom. The molecule has 0 aromatic carbocycles. The lowest BCUT2D eigenvalue weighted by Crippen LogP contribution is -2.18. The third-order valence-electron chi connectivity index (χ3n) is 0.883. The number of ketones is 2. The Morgan fingerprint density at radius 2 is 0.889 bits per heavy atom. The molecule has 0 spiro atoms. The number of hydrogen-bond acceptors (Lipinski definition) is 2. The van der Waals surface area contributed by atoms with Crippen LogP contribution in [0.4, 0.5) is 26.3 Å². The van der Waals surface area contributed by atoms with Gasteiger partial charge in [-0.05, 0) is 20.8 Å². The predicted octanol–water partition coefficient (Wildman–Crippen LogP) is 3.86. The van der Waals surface area contributed by atoms with Crippen LogP contribution in [-0.2, 0) is 9.59 Å². The minimum absolute atomic E-state index is 0.167. The van der Waals surface area contributed by atoms with Gasteiger partial charge in [-0.2, -0.15) is 26.3 Å². The lowest BCUT2D eigenvalue weighted by molar-refractivity contribution is -0.168. The highest BCUT2D eigenvalue weighted by Crippen LogP contribution is 2.22. The second-order valence-electron chi connectivity index (χ2n) is 3.24. The van der Waals surface area contributed by atoms with Gasteiger partial charge >= 0.3 is 12.4 Å². The summed E-state index contributed by atoms with van der Waals surface area (Å²) in [6.07, 6.45) is -8.83. The topological polar surface area (TPSA) is 34.1 Å². The largest absolute Gasteiger partial charge is 0.449 e. The molecule has 0 saturated heterocycles. The zero-order valence-corrected chi connectivity index (χ0v) is 10.3. The first-order valence-electron chi connectivity index (χ1n) is 4.40. The molecule has 0 rings (SSSR count). The smallest absolute Gasteiger partial charge is 0.300 e. The van der Waals surface area contributed by atoms with E-state index in [-0.39, 0.29) is 5.78 Å². The third-order valence-corrected chi connectivity index (χ3v) is 0.883. The Bertz CT molecular complexity index is 260. The molecule has 0 aliphatic rings. The number of hydrogen-bond donors (Lipinski definition) is 0. The second kappa shape index (κ2) is 8.71. The number of carbonyl (C=O) groups is 2. The van der Waals surface area contributed by atoms with Crippen molar-refractivity contribution in [2.24, 2.45) is 0 Å². The lowest BCUT2D eigenvalue weighted by atomic mass is 10.3. The van der Waals surface area contributed by atoms with Gasteiger partial charge in [0.1, 0.15) is 5.78 Å². The van der Waals surface area contributed by atoms with Crippen molar-refractivity contribution in [1.29, 1.82) is 0 Å². The first-order valence-corrected chi connectivity index (χ1v) is 4.40. The summed E-state index contributed by atoms with van der Waals surface area (Å²) >= 11 is 0. The number of allylic oxidation sites excluding steroid dienone is 1. The molecule has 0 aliphatic heterocycles. The van der Waals surface area contributed by atoms with Gasteiger partial charge in [0.2, 0.25) is 5.78 Å². The standard InChI is InChI=1S/C4H5F3.C3H3F3O.C3H6O/c1-3(2)4(5,6)7;1-2(7)3(4,5)6;1-3(2)4/h1H2,2H3;1H3;1-2H3. The maximum atomic E-state index is 11.1. The van der Waals surface area contributed by atoms with Crippen molar-refractivity contribution in [3.05, 3.63) is 12.2 Å². The molecule has 8 heteroatoms. The molecule has 0 aromatic heterocycles. The number of carbonyl (C=O) groups excluding carboxylic acids is 2. The number of Topliss-reactive ketones (excluding diaryl/α,β-unsaturated/α-hetero) is 2. The van der Waals surface area contributed by atoms with E-state index in [1.807, 2.05) is 0 Å². The third kappa shape index (κ3) is 24.1. The van der Waals surface area contributed by atoms with Crippen LogP contribution in [0.5, 0.6) is 0 Å². The van der Waals surface area contributed by atoms with E-state index in [1.165, 1.54) is 13.8 Å². The highest BCUT2D eigenvalue weighted by Gasteiger charge is 2.33. The number of alkyl halides is 6. The molecule has 108 valence electrons. The van der Waals surface area contributed by atoms with Gasteiger partial charge in [-0.1, -0.05) is 6.58 Å². The molecule has 0 N–H and O–H groups in total. The SMILES string of the molecule is C=C(C)C(F)(F)F.CC(=O)C(F)(F)F.CC(C)=O. The van der Waals surface area contributed by atoms with E-state index < -0.39 is 23.7 Å². The van der Waals surface area contributed by atoms with Gasteiger partial charge in [0, 0.05) is 12.5 Å². The van der Waals surface area contributed by atoms with E-state index in [0.29, 0.717) is 6.92 Å². The minimum atomic E-state index is -4.64. The highest BCUT2D eigenvalue weighted by molar-refractivity contribution is 5.81. The van der Waals surface area contributed by atoms with Gasteiger partial charge in [-0.15, -0.1) is 0 Å². The van der Waals surface area contributed by atoms with Crippen LogP contribution < -0.4 is 0 Å². The summed E-state index contributed by atoms with van der Waals surface area (Å²) in [7, 11) is 0. The van der Waals surface area contributed by atoms with E-state index in [4.69, 9.17) is 0 Å². The molecule has 0 amide bonds. The molecule has 0 heterocycles. The Labute approximate surface area is 101 Å². The predicted molar refractivity (Wildman–Crippen MR) is 54.0 cm³/mol. The van der Waals surface area contributed by atoms with Crippen LogP contribution in [0, 0.1) is 0 Å². The summed E-state index contributed by atoms with van der Waals surface area (Å²) in [5, 5.41) is 0. The van der Waals surface area contributed by atoms with E-state index >= 15 is 0 Å². The van der Waals surface area contributed by atoms with Gasteiger partial charge in [0.25, 0.3) is 0 Å². The monoisotopic (exact) mass is 280 g/mol. The van der Waals surface area contributed by atoms with Gasteiger partial charge in [-0.3, -0.25) is 4.79 Å². The van der Waals surface area contributed by atoms with Crippen LogP contribution in [0.3, 0.4) is 0 Å². The summed E-state index contributed by atoms with van der Waals surface area (Å²) < 4.78 is 65.7. The number of halogens is 6. The molecule has 18 heavy (non-hydrogen) atoms. The van der Waals surface area contributed by atoms with Crippen LogP contribution in [0.1, 0.15) is 27.7 Å². The van der Waals surface area contributed by atoms with Gasteiger partial charge in [0.15, 0.2) is 0 Å². The molecule has 0 radical (unpaired) electrons. The normalized spacial score (nSPS) is 10.3. The van der Waals surface area contributed by atoms with Crippen molar-refractivity contribution in [3.63, 3.8) is 0 Å². The summed E-state index contributed by atoms with van der Waals surface area (Å²) in [6.45, 7) is 7.17. The summed E-state index contributed by atoms with van der Waals surface area (Å²) in [4.78, 5) is 18.8. The molecule has 0 fully saturated rings. The maximum Gasteiger partial charge on any atom is 0.449 e. The van der Waals surface area contributed by atoms with Crippen LogP contribution in [0.25, 0.3) is 0 Å². The van der Waals surface area contributed by atoms with Gasteiger partial charge in [-0.25, -0.2) is 0 Å². The molecule has 0 unspecified atom stereocenters. The zero-order chi connectivity index (χ0) is 15.7. The highest BCUT2D eigenvalue weighted by atomic mass is 19.4. The molecule has 0 aromatic rings. The Balaban J connectivity index is -0.000000196. The van der Waals surface area contributed by atoms with Crippen molar-refractivity contribution in [1.82, 2.24) is 0 Å². The van der Waals surface area contributed by atoms with Crippen molar-refractivity contribution in [2.75, 3.05) is 0 Å². The Morgan fingerprint density at radius 3 is 0.889 bits per heavy atom. The molecule has 2 nitrogen and oxygen atoms in total. The fraction of sp³-hybridized carbons (Fsp3) is 0.600. The van der Waals surface area contributed by atoms with Crippen LogP contribution in [0.15, 0.2) is 12.2 Å². The molecular weight excluding hydrogens is 266 g/mol. The van der Waals surface area contributed by atoms with Crippen molar-refractivity contribution < 1.29 is 35.9 Å². The molecular formula is C10H14F6O2. The summed E-state index contributed by atoms with van der Waals surface area (Å²) in [5.74, 6) is -1.59.